The predicted molar refractivity (Wildman–Crippen MR) is 135 cm³/mol. The van der Waals surface area contributed by atoms with Gasteiger partial charge in [-0.15, -0.1) is 0 Å². The highest BCUT2D eigenvalue weighted by molar-refractivity contribution is 6.40. The van der Waals surface area contributed by atoms with Gasteiger partial charge in [-0.25, -0.2) is 8.78 Å². The first-order chi connectivity index (χ1) is 20.5. The van der Waals surface area contributed by atoms with Crippen LogP contribution < -0.4 is 15.4 Å². The number of aliphatic carboxylic acids is 1. The molecule has 3 rings (SSSR count). The fraction of sp³-hybridized carbons (Fsp3) is 0.346. The lowest BCUT2D eigenvalue weighted by atomic mass is 9.95. The maximum absolute atomic E-state index is 13.8. The van der Waals surface area contributed by atoms with E-state index in [0.29, 0.717) is 6.07 Å². The molecule has 0 radical (unpaired) electrons. The molecule has 238 valence electrons. The van der Waals surface area contributed by atoms with Gasteiger partial charge in [0, 0.05) is 30.1 Å². The molecule has 0 bridgehead atoms. The highest BCUT2D eigenvalue weighted by Crippen LogP contribution is 2.36. The van der Waals surface area contributed by atoms with Gasteiger partial charge >= 0.3 is 24.0 Å². The van der Waals surface area contributed by atoms with Crippen molar-refractivity contribution in [3.05, 3.63) is 58.1 Å². The van der Waals surface area contributed by atoms with Crippen LogP contribution in [0.15, 0.2) is 24.3 Å². The van der Waals surface area contributed by atoms with Gasteiger partial charge in [-0.05, 0) is 31.0 Å². The summed E-state index contributed by atoms with van der Waals surface area (Å²) in [7, 11) is 0. The predicted octanol–water partition coefficient (Wildman–Crippen LogP) is 3.70. The summed E-state index contributed by atoms with van der Waals surface area (Å²) in [5, 5.41) is 13.0. The molecular weight excluding hydrogens is 635 g/mol. The Hall–Kier alpha value is -4.41. The molecule has 0 unspecified atom stereocenters. The number of Topliss-reactive ketones (excluding diaryl/α,β-unsaturated/α-hetero) is 1. The highest BCUT2D eigenvalue weighted by atomic mass is 35.5. The summed E-state index contributed by atoms with van der Waals surface area (Å²) < 4.78 is 98.6. The number of alkyl halides is 3. The third-order valence-electron chi connectivity index (χ3n) is 6.40. The van der Waals surface area contributed by atoms with Crippen LogP contribution in [-0.4, -0.2) is 65.2 Å². The fourth-order valence-electron chi connectivity index (χ4n) is 4.16. The number of likely N-dealkylation sites (tertiary alicyclic amines) is 1. The second-order valence-electron chi connectivity index (χ2n) is 9.42. The molecule has 0 aliphatic carbocycles. The average molecular weight is 656 g/mol. The van der Waals surface area contributed by atoms with Gasteiger partial charge in [0.1, 0.15) is 12.6 Å². The number of amides is 3. The molecule has 18 heteroatoms. The summed E-state index contributed by atoms with van der Waals surface area (Å²) in [6, 6.07) is 0.496. The highest BCUT2D eigenvalue weighted by Gasteiger charge is 2.36. The Balaban J connectivity index is 1.59. The van der Waals surface area contributed by atoms with Crippen molar-refractivity contribution in [1.82, 2.24) is 10.2 Å². The summed E-state index contributed by atoms with van der Waals surface area (Å²) in [4.78, 5) is 62.5. The van der Waals surface area contributed by atoms with E-state index in [9.17, 15) is 54.7 Å². The number of ketones is 1. The number of carboxylic acid groups (broad SMARTS) is 1. The molecule has 1 saturated heterocycles. The molecule has 1 heterocycles. The van der Waals surface area contributed by atoms with E-state index in [0.717, 1.165) is 17.0 Å². The van der Waals surface area contributed by atoms with E-state index in [4.69, 9.17) is 16.7 Å². The Morgan fingerprint density at radius 1 is 1.00 bits per heavy atom. The van der Waals surface area contributed by atoms with Gasteiger partial charge in [0.25, 0.3) is 0 Å². The van der Waals surface area contributed by atoms with Gasteiger partial charge in [-0.2, -0.15) is 22.0 Å². The SMILES string of the molecule is O=C(O)C[C@H](NC(=O)C1CCN(C(=O)C(=O)Nc2cc(Cl)ccc2C(F)(F)F)CC1)C(=O)COc1c(F)c(F)cc(F)c1F. The quantitative estimate of drug-likeness (QED) is 0.213. The molecule has 3 amide bonds. The zero-order valence-corrected chi connectivity index (χ0v) is 22.8. The lowest BCUT2D eigenvalue weighted by Crippen LogP contribution is -2.50. The standard InChI is InChI=1S/C26H21ClF7N3O7/c27-12-1-2-13(26(32,33)34)16(7-12)35-24(42)25(43)37-5-3-11(4-6-37)23(41)36-17(9-19(39)40)18(38)10-44-22-20(30)14(28)8-15(29)21(22)31/h1-2,7-8,11,17H,3-6,9-10H2,(H,35,42)(H,36,41)(H,39,40)/t17-/m0/s1. The number of anilines is 1. The van der Waals surface area contributed by atoms with Crippen molar-refractivity contribution < 1.29 is 64.5 Å². The summed E-state index contributed by atoms with van der Waals surface area (Å²) in [5.41, 5.74) is -1.99. The van der Waals surface area contributed by atoms with Crippen molar-refractivity contribution in [3.63, 3.8) is 0 Å². The molecule has 1 atom stereocenters. The summed E-state index contributed by atoms with van der Waals surface area (Å²) in [6.07, 6.45) is -6.09. The van der Waals surface area contributed by atoms with Crippen LogP contribution in [0.4, 0.5) is 36.4 Å². The van der Waals surface area contributed by atoms with Crippen LogP contribution in [0.5, 0.6) is 5.75 Å². The van der Waals surface area contributed by atoms with Crippen molar-refractivity contribution >= 4 is 46.8 Å². The molecular formula is C26H21ClF7N3O7. The molecule has 2 aromatic carbocycles. The molecule has 0 aromatic heterocycles. The number of nitrogens with zero attached hydrogens (tertiary/aromatic N) is 1. The van der Waals surface area contributed by atoms with E-state index in [2.05, 4.69) is 10.1 Å². The smallest absolute Gasteiger partial charge is 0.418 e. The van der Waals surface area contributed by atoms with Gasteiger partial charge in [-0.3, -0.25) is 24.0 Å². The van der Waals surface area contributed by atoms with Crippen molar-refractivity contribution in [2.45, 2.75) is 31.5 Å². The third kappa shape index (κ3) is 8.36. The van der Waals surface area contributed by atoms with E-state index in [1.807, 2.05) is 5.32 Å². The minimum atomic E-state index is -4.86. The van der Waals surface area contributed by atoms with Crippen LogP contribution in [0.25, 0.3) is 0 Å². The van der Waals surface area contributed by atoms with Crippen LogP contribution in [-0.2, 0) is 30.1 Å². The maximum Gasteiger partial charge on any atom is 0.418 e. The lowest BCUT2D eigenvalue weighted by Gasteiger charge is -2.31. The second-order valence-corrected chi connectivity index (χ2v) is 9.86. The van der Waals surface area contributed by atoms with E-state index in [1.54, 1.807) is 0 Å². The zero-order chi connectivity index (χ0) is 32.9. The topological polar surface area (TPSA) is 142 Å². The molecule has 1 fully saturated rings. The minimum absolute atomic E-state index is 0.0962. The van der Waals surface area contributed by atoms with E-state index >= 15 is 0 Å². The third-order valence-corrected chi connectivity index (χ3v) is 6.63. The minimum Gasteiger partial charge on any atom is -0.481 e. The second kappa shape index (κ2) is 13.9. The summed E-state index contributed by atoms with van der Waals surface area (Å²) in [5.74, 6) is -16.3. The van der Waals surface area contributed by atoms with Crippen LogP contribution in [0.2, 0.25) is 5.02 Å². The van der Waals surface area contributed by atoms with E-state index in [-0.39, 0.29) is 37.0 Å². The number of hydrogen-bond acceptors (Lipinski definition) is 6. The number of benzene rings is 2. The Morgan fingerprint density at radius 2 is 1.59 bits per heavy atom. The first-order valence-corrected chi connectivity index (χ1v) is 12.8. The van der Waals surface area contributed by atoms with Gasteiger partial charge in [0.2, 0.25) is 17.5 Å². The first kappa shape index (κ1) is 34.1. The first-order valence-electron chi connectivity index (χ1n) is 12.5. The Bertz CT molecular complexity index is 1450. The van der Waals surface area contributed by atoms with Gasteiger partial charge < -0.3 is 25.4 Å². The van der Waals surface area contributed by atoms with E-state index < -0.39 is 101 Å². The number of halogens is 8. The Kier molecular flexibility index (Phi) is 10.8. The lowest BCUT2D eigenvalue weighted by molar-refractivity contribution is -0.145. The van der Waals surface area contributed by atoms with Gasteiger partial charge in [0.15, 0.2) is 23.2 Å². The Morgan fingerprint density at radius 3 is 2.14 bits per heavy atom. The number of carbonyl (C=O) groups is 5. The molecule has 0 spiro atoms. The molecule has 0 saturated carbocycles. The van der Waals surface area contributed by atoms with E-state index in [1.165, 1.54) is 0 Å². The number of hydrogen-bond donors (Lipinski definition) is 3. The number of piperidine rings is 1. The normalized spacial score (nSPS) is 14.5. The summed E-state index contributed by atoms with van der Waals surface area (Å²) >= 11 is 5.71. The number of carboxylic acids is 1. The van der Waals surface area contributed by atoms with Gasteiger partial charge in [-0.1, -0.05) is 11.6 Å². The van der Waals surface area contributed by atoms with Crippen molar-refractivity contribution in [1.29, 1.82) is 0 Å². The van der Waals surface area contributed by atoms with Crippen molar-refractivity contribution in [2.24, 2.45) is 5.92 Å². The molecule has 1 aliphatic heterocycles. The fourth-order valence-corrected chi connectivity index (χ4v) is 4.33. The molecule has 1 aliphatic rings. The number of ether oxygens (including phenoxy) is 1. The summed E-state index contributed by atoms with van der Waals surface area (Å²) in [6.45, 7) is -1.73. The Labute approximate surface area is 248 Å². The molecule has 10 nitrogen and oxygen atoms in total. The van der Waals surface area contributed by atoms with Crippen molar-refractivity contribution in [2.75, 3.05) is 25.0 Å². The van der Waals surface area contributed by atoms with Crippen LogP contribution in [0.3, 0.4) is 0 Å². The average Bonchev–Trinajstić information content (AvgIpc) is 2.94. The number of nitrogens with one attached hydrogen (secondary N) is 2. The van der Waals surface area contributed by atoms with Crippen LogP contribution >= 0.6 is 11.6 Å². The van der Waals surface area contributed by atoms with Crippen molar-refractivity contribution in [3.8, 4) is 5.75 Å². The molecule has 3 N–H and O–H groups in total. The zero-order valence-electron chi connectivity index (χ0n) is 22.1. The van der Waals surface area contributed by atoms with Gasteiger partial charge in [0.05, 0.1) is 17.7 Å². The number of rotatable bonds is 9. The monoisotopic (exact) mass is 655 g/mol. The van der Waals surface area contributed by atoms with Crippen LogP contribution in [0, 0.1) is 29.2 Å². The maximum atomic E-state index is 13.8. The molecule has 44 heavy (non-hydrogen) atoms. The molecule has 2 aromatic rings. The number of carbonyl (C=O) groups excluding carboxylic acids is 4. The largest absolute Gasteiger partial charge is 0.481 e. The van der Waals surface area contributed by atoms with Crippen LogP contribution in [0.1, 0.15) is 24.8 Å².